The molecule has 0 aliphatic carbocycles. The van der Waals surface area contributed by atoms with Crippen molar-refractivity contribution in [2.75, 3.05) is 19.9 Å². The van der Waals surface area contributed by atoms with Crippen molar-refractivity contribution < 1.29 is 22.3 Å². The monoisotopic (exact) mass is 331 g/mol. The molecule has 1 aromatic rings. The summed E-state index contributed by atoms with van der Waals surface area (Å²) in [6.45, 7) is 0.213. The van der Waals surface area contributed by atoms with Crippen LogP contribution in [0.4, 0.5) is 4.39 Å². The number of rotatable bonds is 9. The summed E-state index contributed by atoms with van der Waals surface area (Å²) in [5, 5.41) is 0. The molecule has 1 rings (SSSR count). The second-order valence-electron chi connectivity index (χ2n) is 5.09. The fraction of sp³-hybridized carbons (Fsp3) is 0.533. The fourth-order valence-corrected chi connectivity index (χ4v) is 3.16. The molecule has 0 aromatic heterocycles. The highest BCUT2D eigenvalue weighted by molar-refractivity contribution is 7.89. The van der Waals surface area contributed by atoms with Gasteiger partial charge in [0.25, 0.3) is 0 Å². The van der Waals surface area contributed by atoms with Crippen molar-refractivity contribution >= 4 is 16.0 Å². The number of hydrogen-bond donors (Lipinski definition) is 0. The van der Waals surface area contributed by atoms with Crippen molar-refractivity contribution in [3.8, 4) is 0 Å². The zero-order valence-electron chi connectivity index (χ0n) is 12.9. The van der Waals surface area contributed by atoms with Gasteiger partial charge in [-0.15, -0.1) is 0 Å². The van der Waals surface area contributed by atoms with E-state index in [2.05, 4.69) is 4.74 Å². The Balaban J connectivity index is 2.38. The van der Waals surface area contributed by atoms with Crippen LogP contribution in [0.25, 0.3) is 0 Å². The van der Waals surface area contributed by atoms with Crippen molar-refractivity contribution in [3.63, 3.8) is 0 Å². The van der Waals surface area contributed by atoms with Gasteiger partial charge in [0.2, 0.25) is 10.0 Å². The van der Waals surface area contributed by atoms with Gasteiger partial charge >= 0.3 is 5.97 Å². The molecule has 1 aromatic carbocycles. The molecule has 0 saturated heterocycles. The third-order valence-electron chi connectivity index (χ3n) is 3.30. The highest BCUT2D eigenvalue weighted by Crippen LogP contribution is 2.11. The van der Waals surface area contributed by atoms with Crippen LogP contribution in [0.1, 0.15) is 31.2 Å². The van der Waals surface area contributed by atoms with Crippen LogP contribution < -0.4 is 0 Å². The van der Waals surface area contributed by atoms with E-state index in [1.165, 1.54) is 30.6 Å². The number of methoxy groups -OCH3 is 1. The predicted octanol–water partition coefficient (Wildman–Crippen LogP) is 2.32. The summed E-state index contributed by atoms with van der Waals surface area (Å²) >= 11 is 0. The number of carbonyl (C=O) groups is 1. The van der Waals surface area contributed by atoms with Crippen molar-refractivity contribution in [1.82, 2.24) is 4.31 Å². The first-order valence-electron chi connectivity index (χ1n) is 7.10. The van der Waals surface area contributed by atoms with Gasteiger partial charge in [-0.3, -0.25) is 4.79 Å². The van der Waals surface area contributed by atoms with E-state index in [4.69, 9.17) is 0 Å². The van der Waals surface area contributed by atoms with E-state index < -0.39 is 10.0 Å². The quantitative estimate of drug-likeness (QED) is 0.514. The van der Waals surface area contributed by atoms with Gasteiger partial charge in [0.1, 0.15) is 5.82 Å². The van der Waals surface area contributed by atoms with Crippen LogP contribution in [0, 0.1) is 5.82 Å². The van der Waals surface area contributed by atoms with Crippen LogP contribution in [-0.4, -0.2) is 38.6 Å². The third kappa shape index (κ3) is 6.53. The van der Waals surface area contributed by atoms with Gasteiger partial charge in [-0.1, -0.05) is 18.6 Å². The molecule has 22 heavy (non-hydrogen) atoms. The first-order valence-corrected chi connectivity index (χ1v) is 8.71. The van der Waals surface area contributed by atoms with Gasteiger partial charge in [-0.2, -0.15) is 0 Å². The topological polar surface area (TPSA) is 63.7 Å². The molecule has 0 saturated carbocycles. The molecule has 0 aliphatic rings. The van der Waals surface area contributed by atoms with Crippen LogP contribution in [0.5, 0.6) is 0 Å². The number of sulfonamides is 1. The lowest BCUT2D eigenvalue weighted by Gasteiger charge is -2.17. The number of halogens is 1. The summed E-state index contributed by atoms with van der Waals surface area (Å²) in [6.07, 6.45) is 2.07. The Kier molecular flexibility index (Phi) is 7.47. The summed E-state index contributed by atoms with van der Waals surface area (Å²) < 4.78 is 42.8. The van der Waals surface area contributed by atoms with Gasteiger partial charge in [0, 0.05) is 20.0 Å². The molecule has 0 heterocycles. The molecule has 0 amide bonds. The van der Waals surface area contributed by atoms with Gasteiger partial charge in [0.15, 0.2) is 0 Å². The summed E-state index contributed by atoms with van der Waals surface area (Å²) in [6, 6.07) is 5.75. The van der Waals surface area contributed by atoms with Crippen LogP contribution in [-0.2, 0) is 26.1 Å². The Labute approximate surface area is 131 Å². The van der Waals surface area contributed by atoms with E-state index >= 15 is 0 Å². The zero-order valence-corrected chi connectivity index (χ0v) is 13.7. The molecular formula is C15H22FNO4S. The summed E-state index contributed by atoms with van der Waals surface area (Å²) in [7, 11) is -0.514. The summed E-state index contributed by atoms with van der Waals surface area (Å²) in [5.74, 6) is -0.595. The minimum atomic E-state index is -3.35. The molecule has 124 valence electrons. The van der Waals surface area contributed by atoms with Crippen LogP contribution >= 0.6 is 0 Å². The van der Waals surface area contributed by atoms with E-state index in [1.54, 1.807) is 12.1 Å². The van der Waals surface area contributed by atoms with Crippen molar-refractivity contribution in [2.24, 2.45) is 0 Å². The molecule has 0 bridgehead atoms. The second-order valence-corrected chi connectivity index (χ2v) is 7.28. The number of unbranched alkanes of at least 4 members (excludes halogenated alkanes) is 2. The maximum Gasteiger partial charge on any atom is 0.305 e. The predicted molar refractivity (Wildman–Crippen MR) is 82.1 cm³/mol. The van der Waals surface area contributed by atoms with Crippen LogP contribution in [0.3, 0.4) is 0 Å². The lowest BCUT2D eigenvalue weighted by atomic mass is 10.2. The van der Waals surface area contributed by atoms with Crippen LogP contribution in [0.15, 0.2) is 24.3 Å². The molecule has 0 aliphatic heterocycles. The summed E-state index contributed by atoms with van der Waals surface area (Å²) in [5.41, 5.74) is 0.734. The lowest BCUT2D eigenvalue weighted by Crippen LogP contribution is -2.28. The molecule has 7 heteroatoms. The average Bonchev–Trinajstić information content (AvgIpc) is 2.48. The van der Waals surface area contributed by atoms with E-state index in [-0.39, 0.29) is 24.1 Å². The fourth-order valence-electron chi connectivity index (χ4n) is 1.93. The molecule has 0 fully saturated rings. The maximum atomic E-state index is 12.8. The van der Waals surface area contributed by atoms with Gasteiger partial charge in [-0.05, 0) is 30.5 Å². The Morgan fingerprint density at radius 1 is 1.18 bits per heavy atom. The van der Waals surface area contributed by atoms with Crippen molar-refractivity contribution in [1.29, 1.82) is 0 Å². The molecule has 0 radical (unpaired) electrons. The lowest BCUT2D eigenvalue weighted by molar-refractivity contribution is -0.140. The van der Waals surface area contributed by atoms with E-state index in [1.807, 2.05) is 0 Å². The Morgan fingerprint density at radius 3 is 2.41 bits per heavy atom. The molecule has 5 nitrogen and oxygen atoms in total. The van der Waals surface area contributed by atoms with Crippen LogP contribution in [0.2, 0.25) is 0 Å². The zero-order chi connectivity index (χ0) is 16.6. The molecule has 0 spiro atoms. The third-order valence-corrected chi connectivity index (χ3v) is 5.19. The average molecular weight is 331 g/mol. The Hall–Kier alpha value is -1.47. The van der Waals surface area contributed by atoms with E-state index in [0.29, 0.717) is 25.7 Å². The summed E-state index contributed by atoms with van der Waals surface area (Å²) in [4.78, 5) is 10.9. The standard InChI is InChI=1S/C15H22FNO4S/c1-17(12-13-7-9-14(16)10-8-13)22(19,20)11-5-3-4-6-15(18)21-2/h7-10H,3-6,11-12H2,1-2H3. The number of esters is 1. The minimum absolute atomic E-state index is 0.0336. The molecule has 0 unspecified atom stereocenters. The number of nitrogens with zero attached hydrogens (tertiary/aromatic N) is 1. The maximum absolute atomic E-state index is 12.8. The number of ether oxygens (including phenoxy) is 1. The Morgan fingerprint density at radius 2 is 1.82 bits per heavy atom. The smallest absolute Gasteiger partial charge is 0.305 e. The van der Waals surface area contributed by atoms with Crippen molar-refractivity contribution in [2.45, 2.75) is 32.2 Å². The number of carbonyl (C=O) groups excluding carboxylic acids is 1. The van der Waals surface area contributed by atoms with Gasteiger partial charge in [0.05, 0.1) is 12.9 Å². The normalized spacial score (nSPS) is 11.6. The first kappa shape index (κ1) is 18.6. The molecular weight excluding hydrogens is 309 g/mol. The molecule has 0 atom stereocenters. The SMILES string of the molecule is COC(=O)CCCCCS(=O)(=O)N(C)Cc1ccc(F)cc1. The largest absolute Gasteiger partial charge is 0.469 e. The van der Waals surface area contributed by atoms with Gasteiger partial charge in [-0.25, -0.2) is 17.1 Å². The first-order chi connectivity index (χ1) is 10.3. The number of hydrogen-bond acceptors (Lipinski definition) is 4. The highest BCUT2D eigenvalue weighted by Gasteiger charge is 2.17. The number of benzene rings is 1. The van der Waals surface area contributed by atoms with E-state index in [9.17, 15) is 17.6 Å². The van der Waals surface area contributed by atoms with E-state index in [0.717, 1.165) is 5.56 Å². The van der Waals surface area contributed by atoms with Gasteiger partial charge < -0.3 is 4.74 Å². The van der Waals surface area contributed by atoms with Crippen molar-refractivity contribution in [3.05, 3.63) is 35.6 Å². The Bertz CT molecular complexity index is 572. The highest BCUT2D eigenvalue weighted by atomic mass is 32.2. The molecule has 0 N–H and O–H groups in total. The minimum Gasteiger partial charge on any atom is -0.469 e. The second kappa shape index (κ2) is 8.85.